The summed E-state index contributed by atoms with van der Waals surface area (Å²) in [5, 5.41) is 0. The van der Waals surface area contributed by atoms with Crippen LogP contribution in [0.1, 0.15) is 32.3 Å². The molecule has 70 valence electrons. The summed E-state index contributed by atoms with van der Waals surface area (Å²) in [6.07, 6.45) is 2.40. The van der Waals surface area contributed by atoms with Crippen molar-refractivity contribution in [3.8, 4) is 0 Å². The van der Waals surface area contributed by atoms with E-state index in [-0.39, 0.29) is 0 Å². The molecule has 1 aromatic carbocycles. The van der Waals surface area contributed by atoms with Crippen LogP contribution in [0.5, 0.6) is 0 Å². The van der Waals surface area contributed by atoms with Gasteiger partial charge in [0.25, 0.3) is 0 Å². The first kappa shape index (κ1) is 9.97. The van der Waals surface area contributed by atoms with E-state index in [2.05, 4.69) is 31.0 Å². The molecule has 0 saturated heterocycles. The molecule has 0 atom stereocenters. The molecule has 0 heterocycles. The van der Waals surface area contributed by atoms with E-state index in [0.717, 1.165) is 12.3 Å². The molecule has 0 fully saturated rings. The number of benzene rings is 1. The highest BCUT2D eigenvalue weighted by Crippen LogP contribution is 2.01. The summed E-state index contributed by atoms with van der Waals surface area (Å²) in [6, 6.07) is 10.3. The zero-order chi connectivity index (χ0) is 9.52. The SMILES string of the molecule is CCCCN=C(C)c1ccccc1. The predicted molar refractivity (Wildman–Crippen MR) is 58.4 cm³/mol. The van der Waals surface area contributed by atoms with Gasteiger partial charge < -0.3 is 0 Å². The molecule has 1 aromatic rings. The first-order chi connectivity index (χ1) is 6.34. The molecule has 1 heteroatoms. The summed E-state index contributed by atoms with van der Waals surface area (Å²) < 4.78 is 0. The van der Waals surface area contributed by atoms with Crippen LogP contribution in [-0.4, -0.2) is 12.3 Å². The fourth-order valence-corrected chi connectivity index (χ4v) is 1.18. The lowest BCUT2D eigenvalue weighted by molar-refractivity contribution is 0.808. The summed E-state index contributed by atoms with van der Waals surface area (Å²) in [5.74, 6) is 0. The average Bonchev–Trinajstić information content (AvgIpc) is 2.19. The van der Waals surface area contributed by atoms with Crippen LogP contribution >= 0.6 is 0 Å². The third-order valence-corrected chi connectivity index (χ3v) is 2.05. The van der Waals surface area contributed by atoms with E-state index in [1.807, 2.05) is 18.2 Å². The number of rotatable bonds is 4. The Morgan fingerprint density at radius 2 is 1.92 bits per heavy atom. The predicted octanol–water partition coefficient (Wildman–Crippen LogP) is 3.30. The van der Waals surface area contributed by atoms with Gasteiger partial charge >= 0.3 is 0 Å². The fourth-order valence-electron chi connectivity index (χ4n) is 1.18. The summed E-state index contributed by atoms with van der Waals surface area (Å²) in [7, 11) is 0. The van der Waals surface area contributed by atoms with Crippen molar-refractivity contribution in [1.29, 1.82) is 0 Å². The van der Waals surface area contributed by atoms with Crippen molar-refractivity contribution < 1.29 is 0 Å². The molecule has 0 aliphatic rings. The molecule has 0 amide bonds. The second-order valence-electron chi connectivity index (χ2n) is 3.19. The highest BCUT2D eigenvalue weighted by Gasteiger charge is 1.93. The lowest BCUT2D eigenvalue weighted by Gasteiger charge is -1.99. The Bertz CT molecular complexity index is 262. The van der Waals surface area contributed by atoms with E-state index >= 15 is 0 Å². The van der Waals surface area contributed by atoms with Crippen LogP contribution in [0, 0.1) is 0 Å². The van der Waals surface area contributed by atoms with E-state index in [9.17, 15) is 0 Å². The summed E-state index contributed by atoms with van der Waals surface area (Å²) in [6.45, 7) is 5.22. The second-order valence-corrected chi connectivity index (χ2v) is 3.19. The number of aliphatic imine (C=N–C) groups is 1. The minimum atomic E-state index is 0.956. The van der Waals surface area contributed by atoms with Crippen LogP contribution in [0.4, 0.5) is 0 Å². The lowest BCUT2D eigenvalue weighted by Crippen LogP contribution is -1.95. The van der Waals surface area contributed by atoms with Crippen LogP contribution < -0.4 is 0 Å². The van der Waals surface area contributed by atoms with Gasteiger partial charge in [0.05, 0.1) is 0 Å². The van der Waals surface area contributed by atoms with Gasteiger partial charge in [-0.3, -0.25) is 4.99 Å². The van der Waals surface area contributed by atoms with Crippen molar-refractivity contribution in [1.82, 2.24) is 0 Å². The maximum absolute atomic E-state index is 4.50. The molecule has 0 spiro atoms. The van der Waals surface area contributed by atoms with Crippen LogP contribution in [0.15, 0.2) is 35.3 Å². The van der Waals surface area contributed by atoms with Crippen molar-refractivity contribution in [2.24, 2.45) is 4.99 Å². The quantitative estimate of drug-likeness (QED) is 0.492. The highest BCUT2D eigenvalue weighted by atomic mass is 14.7. The van der Waals surface area contributed by atoms with Crippen molar-refractivity contribution in [3.63, 3.8) is 0 Å². The van der Waals surface area contributed by atoms with Crippen molar-refractivity contribution in [3.05, 3.63) is 35.9 Å². The number of unbranched alkanes of at least 4 members (excludes halogenated alkanes) is 1. The van der Waals surface area contributed by atoms with E-state index in [4.69, 9.17) is 0 Å². The maximum Gasteiger partial charge on any atom is 0.0392 e. The average molecular weight is 175 g/mol. The Balaban J connectivity index is 2.57. The van der Waals surface area contributed by atoms with Gasteiger partial charge in [0, 0.05) is 12.3 Å². The van der Waals surface area contributed by atoms with E-state index in [1.54, 1.807) is 0 Å². The molecule has 13 heavy (non-hydrogen) atoms. The van der Waals surface area contributed by atoms with Gasteiger partial charge in [-0.25, -0.2) is 0 Å². The molecule has 0 radical (unpaired) electrons. The van der Waals surface area contributed by atoms with Crippen molar-refractivity contribution in [2.75, 3.05) is 6.54 Å². The Kier molecular flexibility index (Phi) is 4.24. The fraction of sp³-hybridized carbons (Fsp3) is 0.417. The maximum atomic E-state index is 4.50. The first-order valence-corrected chi connectivity index (χ1v) is 4.91. The van der Waals surface area contributed by atoms with Gasteiger partial charge in [0.1, 0.15) is 0 Å². The largest absolute Gasteiger partial charge is 0.289 e. The smallest absolute Gasteiger partial charge is 0.0392 e. The molecule has 1 nitrogen and oxygen atoms in total. The third-order valence-electron chi connectivity index (χ3n) is 2.05. The molecular weight excluding hydrogens is 158 g/mol. The van der Waals surface area contributed by atoms with Gasteiger partial charge in [0.2, 0.25) is 0 Å². The monoisotopic (exact) mass is 175 g/mol. The van der Waals surface area contributed by atoms with Gasteiger partial charge in [-0.1, -0.05) is 43.7 Å². The molecule has 1 rings (SSSR count). The summed E-state index contributed by atoms with van der Waals surface area (Å²) in [4.78, 5) is 4.50. The topological polar surface area (TPSA) is 12.4 Å². The Hall–Kier alpha value is -1.11. The Morgan fingerprint density at radius 1 is 1.23 bits per heavy atom. The highest BCUT2D eigenvalue weighted by molar-refractivity contribution is 5.98. The minimum absolute atomic E-state index is 0.956. The Labute approximate surface area is 80.5 Å². The van der Waals surface area contributed by atoms with Crippen molar-refractivity contribution >= 4 is 5.71 Å². The van der Waals surface area contributed by atoms with Crippen LogP contribution in [0.2, 0.25) is 0 Å². The van der Waals surface area contributed by atoms with E-state index < -0.39 is 0 Å². The van der Waals surface area contributed by atoms with Crippen molar-refractivity contribution in [2.45, 2.75) is 26.7 Å². The summed E-state index contributed by atoms with van der Waals surface area (Å²) >= 11 is 0. The minimum Gasteiger partial charge on any atom is -0.289 e. The lowest BCUT2D eigenvalue weighted by atomic mass is 10.1. The zero-order valence-corrected chi connectivity index (χ0v) is 8.46. The number of hydrogen-bond donors (Lipinski definition) is 0. The molecule has 0 unspecified atom stereocenters. The van der Waals surface area contributed by atoms with E-state index in [0.29, 0.717) is 0 Å². The van der Waals surface area contributed by atoms with Gasteiger partial charge in [0.15, 0.2) is 0 Å². The standard InChI is InChI=1S/C12H17N/c1-3-4-10-13-11(2)12-8-6-5-7-9-12/h5-9H,3-4,10H2,1-2H3. The van der Waals surface area contributed by atoms with Gasteiger partial charge in [-0.15, -0.1) is 0 Å². The number of hydrogen-bond acceptors (Lipinski definition) is 1. The zero-order valence-electron chi connectivity index (χ0n) is 8.46. The molecule has 0 aliphatic carbocycles. The molecule has 0 aromatic heterocycles. The molecule has 0 N–H and O–H groups in total. The molecule has 0 bridgehead atoms. The molecule has 0 aliphatic heterocycles. The number of nitrogens with zero attached hydrogens (tertiary/aromatic N) is 1. The van der Waals surface area contributed by atoms with Gasteiger partial charge in [-0.2, -0.15) is 0 Å². The third kappa shape index (κ3) is 3.41. The van der Waals surface area contributed by atoms with Crippen LogP contribution in [-0.2, 0) is 0 Å². The first-order valence-electron chi connectivity index (χ1n) is 4.91. The molecular formula is C12H17N. The normalized spacial score (nSPS) is 11.7. The van der Waals surface area contributed by atoms with E-state index in [1.165, 1.54) is 18.4 Å². The van der Waals surface area contributed by atoms with Gasteiger partial charge in [-0.05, 0) is 18.9 Å². The van der Waals surface area contributed by atoms with Crippen LogP contribution in [0.3, 0.4) is 0 Å². The summed E-state index contributed by atoms with van der Waals surface area (Å²) in [5.41, 5.74) is 2.38. The second kappa shape index (κ2) is 5.52. The van der Waals surface area contributed by atoms with Crippen LogP contribution in [0.25, 0.3) is 0 Å². The Morgan fingerprint density at radius 3 is 2.54 bits per heavy atom. The molecule has 0 saturated carbocycles.